The molecule has 0 amide bonds. The molecule has 0 bridgehead atoms. The van der Waals surface area contributed by atoms with Gasteiger partial charge < -0.3 is 5.32 Å². The number of nitrogens with zero attached hydrogens (tertiary/aromatic N) is 2. The SMILES string of the molecule is CCNc1ccc(Cl)c(CN2CC3CCCC3C2)n1. The molecular weight excluding hydrogens is 258 g/mol. The Morgan fingerprint density at radius 1 is 1.32 bits per heavy atom. The Bertz CT molecular complexity index is 437. The molecule has 0 aromatic carbocycles. The van der Waals surface area contributed by atoms with Gasteiger partial charge in [0.1, 0.15) is 5.82 Å². The Kier molecular flexibility index (Phi) is 3.94. The van der Waals surface area contributed by atoms with E-state index in [0.29, 0.717) is 0 Å². The maximum absolute atomic E-state index is 6.28. The highest BCUT2D eigenvalue weighted by atomic mass is 35.5. The maximum Gasteiger partial charge on any atom is 0.126 e. The normalized spacial score (nSPS) is 26.6. The largest absolute Gasteiger partial charge is 0.370 e. The van der Waals surface area contributed by atoms with Gasteiger partial charge in [0.15, 0.2) is 0 Å². The molecule has 2 heterocycles. The quantitative estimate of drug-likeness (QED) is 0.916. The van der Waals surface area contributed by atoms with Crippen LogP contribution < -0.4 is 5.32 Å². The van der Waals surface area contributed by atoms with E-state index in [9.17, 15) is 0 Å². The van der Waals surface area contributed by atoms with Crippen LogP contribution in [0.15, 0.2) is 12.1 Å². The lowest BCUT2D eigenvalue weighted by Gasteiger charge is -2.17. The lowest BCUT2D eigenvalue weighted by Crippen LogP contribution is -2.22. The molecule has 1 saturated carbocycles. The molecule has 0 spiro atoms. The summed E-state index contributed by atoms with van der Waals surface area (Å²) >= 11 is 6.28. The third-order valence-electron chi connectivity index (χ3n) is 4.45. The minimum absolute atomic E-state index is 0.790. The number of hydrogen-bond acceptors (Lipinski definition) is 3. The van der Waals surface area contributed by atoms with Gasteiger partial charge in [-0.3, -0.25) is 4.90 Å². The average molecular weight is 280 g/mol. The van der Waals surface area contributed by atoms with Crippen molar-refractivity contribution < 1.29 is 0 Å². The molecule has 1 aliphatic carbocycles. The van der Waals surface area contributed by atoms with Crippen LogP contribution in [0.4, 0.5) is 5.82 Å². The molecule has 1 aliphatic heterocycles. The molecule has 19 heavy (non-hydrogen) atoms. The summed E-state index contributed by atoms with van der Waals surface area (Å²) in [6.45, 7) is 6.33. The van der Waals surface area contributed by atoms with Crippen molar-refractivity contribution in [2.45, 2.75) is 32.7 Å². The summed E-state index contributed by atoms with van der Waals surface area (Å²) in [5, 5.41) is 4.04. The van der Waals surface area contributed by atoms with E-state index in [2.05, 4.69) is 22.1 Å². The van der Waals surface area contributed by atoms with Gasteiger partial charge in [0.2, 0.25) is 0 Å². The van der Waals surface area contributed by atoms with Crippen molar-refractivity contribution >= 4 is 17.4 Å². The third-order valence-corrected chi connectivity index (χ3v) is 4.80. The van der Waals surface area contributed by atoms with Crippen molar-refractivity contribution in [3.05, 3.63) is 22.8 Å². The first-order chi connectivity index (χ1) is 9.26. The topological polar surface area (TPSA) is 28.2 Å². The lowest BCUT2D eigenvalue weighted by atomic mass is 10.0. The Hall–Kier alpha value is -0.800. The first kappa shape index (κ1) is 13.2. The van der Waals surface area contributed by atoms with Crippen LogP contribution in [-0.2, 0) is 6.54 Å². The predicted octanol–water partition coefficient (Wildman–Crippen LogP) is 3.40. The second kappa shape index (κ2) is 5.68. The van der Waals surface area contributed by atoms with E-state index in [1.54, 1.807) is 0 Å². The molecule has 2 aliphatic rings. The predicted molar refractivity (Wildman–Crippen MR) is 79.5 cm³/mol. The van der Waals surface area contributed by atoms with Crippen LogP contribution in [0.5, 0.6) is 0 Å². The molecule has 0 radical (unpaired) electrons. The van der Waals surface area contributed by atoms with Gasteiger partial charge >= 0.3 is 0 Å². The summed E-state index contributed by atoms with van der Waals surface area (Å²) in [5.74, 6) is 2.78. The van der Waals surface area contributed by atoms with Crippen LogP contribution in [0.1, 0.15) is 31.9 Å². The zero-order valence-corrected chi connectivity index (χ0v) is 12.3. The second-order valence-corrected chi connectivity index (χ2v) is 6.21. The number of fused-ring (bicyclic) bond motifs is 1. The highest BCUT2D eigenvalue weighted by molar-refractivity contribution is 6.31. The van der Waals surface area contributed by atoms with E-state index < -0.39 is 0 Å². The molecule has 2 atom stereocenters. The first-order valence-corrected chi connectivity index (χ1v) is 7.75. The minimum atomic E-state index is 0.790. The molecule has 1 saturated heterocycles. The fourth-order valence-corrected chi connectivity index (χ4v) is 3.71. The summed E-state index contributed by atoms with van der Waals surface area (Å²) in [6, 6.07) is 3.91. The standard InChI is InChI=1S/C15H22ClN3/c1-2-17-15-7-6-13(16)14(18-15)10-19-8-11-4-3-5-12(11)9-19/h6-7,11-12H,2-5,8-10H2,1H3,(H,17,18). The fraction of sp³-hybridized carbons (Fsp3) is 0.667. The Labute approximate surface area is 120 Å². The Balaban J connectivity index is 1.67. The van der Waals surface area contributed by atoms with Gasteiger partial charge in [-0.25, -0.2) is 4.98 Å². The molecule has 2 fully saturated rings. The van der Waals surface area contributed by atoms with Crippen molar-refractivity contribution in [3.63, 3.8) is 0 Å². The van der Waals surface area contributed by atoms with Crippen LogP contribution in [0.2, 0.25) is 5.02 Å². The average Bonchev–Trinajstić information content (AvgIpc) is 2.94. The van der Waals surface area contributed by atoms with E-state index >= 15 is 0 Å². The van der Waals surface area contributed by atoms with Gasteiger partial charge in [-0.15, -0.1) is 0 Å². The third kappa shape index (κ3) is 2.87. The molecule has 2 unspecified atom stereocenters. The van der Waals surface area contributed by atoms with Gasteiger partial charge in [-0.05, 0) is 43.7 Å². The molecular formula is C15H22ClN3. The van der Waals surface area contributed by atoms with Crippen molar-refractivity contribution in [3.8, 4) is 0 Å². The molecule has 3 nitrogen and oxygen atoms in total. The number of hydrogen-bond donors (Lipinski definition) is 1. The van der Waals surface area contributed by atoms with Crippen molar-refractivity contribution in [2.75, 3.05) is 25.0 Å². The summed E-state index contributed by atoms with van der Waals surface area (Å²) in [5.41, 5.74) is 1.01. The van der Waals surface area contributed by atoms with E-state index in [1.165, 1.54) is 32.4 Å². The van der Waals surface area contributed by atoms with E-state index in [4.69, 9.17) is 11.6 Å². The Morgan fingerprint density at radius 3 is 2.74 bits per heavy atom. The number of aromatic nitrogens is 1. The highest BCUT2D eigenvalue weighted by Crippen LogP contribution is 2.38. The summed E-state index contributed by atoms with van der Waals surface area (Å²) in [4.78, 5) is 7.16. The maximum atomic E-state index is 6.28. The minimum Gasteiger partial charge on any atom is -0.370 e. The van der Waals surface area contributed by atoms with Crippen molar-refractivity contribution in [1.29, 1.82) is 0 Å². The van der Waals surface area contributed by atoms with E-state index in [1.807, 2.05) is 12.1 Å². The van der Waals surface area contributed by atoms with Crippen LogP contribution in [0.25, 0.3) is 0 Å². The monoisotopic (exact) mass is 279 g/mol. The summed E-state index contributed by atoms with van der Waals surface area (Å²) < 4.78 is 0. The van der Waals surface area contributed by atoms with Gasteiger partial charge in [0.25, 0.3) is 0 Å². The number of halogens is 1. The smallest absolute Gasteiger partial charge is 0.126 e. The summed E-state index contributed by atoms with van der Waals surface area (Å²) in [6.07, 6.45) is 4.26. The zero-order valence-electron chi connectivity index (χ0n) is 11.5. The van der Waals surface area contributed by atoms with E-state index in [-0.39, 0.29) is 0 Å². The lowest BCUT2D eigenvalue weighted by molar-refractivity contribution is 0.300. The molecule has 3 rings (SSSR count). The van der Waals surface area contributed by atoms with Crippen LogP contribution in [0.3, 0.4) is 0 Å². The van der Waals surface area contributed by atoms with Crippen LogP contribution >= 0.6 is 11.6 Å². The molecule has 104 valence electrons. The second-order valence-electron chi connectivity index (χ2n) is 5.80. The molecule has 1 aromatic heterocycles. The molecule has 1 aromatic rings. The molecule has 1 N–H and O–H groups in total. The van der Waals surface area contributed by atoms with E-state index in [0.717, 1.165) is 41.5 Å². The number of nitrogens with one attached hydrogen (secondary N) is 1. The van der Waals surface area contributed by atoms with Crippen LogP contribution in [0, 0.1) is 11.8 Å². The number of likely N-dealkylation sites (tertiary alicyclic amines) is 1. The van der Waals surface area contributed by atoms with Crippen LogP contribution in [-0.4, -0.2) is 29.5 Å². The Morgan fingerprint density at radius 2 is 2.05 bits per heavy atom. The summed E-state index contributed by atoms with van der Waals surface area (Å²) in [7, 11) is 0. The number of rotatable bonds is 4. The number of anilines is 1. The highest BCUT2D eigenvalue weighted by Gasteiger charge is 2.36. The van der Waals surface area contributed by atoms with Crippen molar-refractivity contribution in [2.24, 2.45) is 11.8 Å². The number of pyridine rings is 1. The fourth-order valence-electron chi connectivity index (χ4n) is 3.55. The zero-order chi connectivity index (χ0) is 13.2. The van der Waals surface area contributed by atoms with Gasteiger partial charge in [0.05, 0.1) is 10.7 Å². The van der Waals surface area contributed by atoms with Gasteiger partial charge in [0, 0.05) is 26.2 Å². The van der Waals surface area contributed by atoms with Gasteiger partial charge in [-0.2, -0.15) is 0 Å². The molecule has 4 heteroatoms. The van der Waals surface area contributed by atoms with Gasteiger partial charge in [-0.1, -0.05) is 18.0 Å². The van der Waals surface area contributed by atoms with Crippen molar-refractivity contribution in [1.82, 2.24) is 9.88 Å². The first-order valence-electron chi connectivity index (χ1n) is 7.38.